The summed E-state index contributed by atoms with van der Waals surface area (Å²) in [5.41, 5.74) is 1.19. The predicted octanol–water partition coefficient (Wildman–Crippen LogP) is 2.82. The minimum atomic E-state index is -0.207. The predicted molar refractivity (Wildman–Crippen MR) is 54.0 cm³/mol. The number of benzene rings is 1. The van der Waals surface area contributed by atoms with Crippen LogP contribution in [-0.2, 0) is 0 Å². The third kappa shape index (κ3) is 1.72. The van der Waals surface area contributed by atoms with E-state index in [-0.39, 0.29) is 6.10 Å². The van der Waals surface area contributed by atoms with Gasteiger partial charge in [-0.05, 0) is 36.8 Å². The molecule has 2 rings (SSSR count). The van der Waals surface area contributed by atoms with Gasteiger partial charge in [0.25, 0.3) is 0 Å². The Morgan fingerprint density at radius 1 is 1.46 bits per heavy atom. The Labute approximate surface area is 83.3 Å². The highest BCUT2D eigenvalue weighted by Gasteiger charge is 2.42. The second-order valence-electron chi connectivity index (χ2n) is 3.77. The van der Waals surface area contributed by atoms with E-state index in [1.54, 1.807) is 0 Å². The lowest BCUT2D eigenvalue weighted by Crippen LogP contribution is -2.03. The van der Waals surface area contributed by atoms with Crippen LogP contribution in [-0.4, -0.2) is 11.2 Å². The van der Waals surface area contributed by atoms with Crippen molar-refractivity contribution in [2.45, 2.75) is 25.4 Å². The van der Waals surface area contributed by atoms with Gasteiger partial charge in [-0.3, -0.25) is 0 Å². The molecule has 0 aliphatic heterocycles. The van der Waals surface area contributed by atoms with Gasteiger partial charge in [-0.2, -0.15) is 0 Å². The smallest absolute Gasteiger partial charge is 0.0546 e. The zero-order chi connectivity index (χ0) is 9.42. The third-order valence-corrected chi connectivity index (χ3v) is 3.11. The van der Waals surface area contributed by atoms with E-state index < -0.39 is 0 Å². The number of aliphatic hydroxyl groups is 1. The first-order valence-electron chi connectivity index (χ1n) is 4.62. The summed E-state index contributed by atoms with van der Waals surface area (Å²) in [5.74, 6) is 0.897. The molecule has 0 radical (unpaired) electrons. The van der Waals surface area contributed by atoms with Gasteiger partial charge in [-0.15, -0.1) is 0 Å². The molecule has 1 aromatic carbocycles. The molecule has 70 valence electrons. The Morgan fingerprint density at radius 2 is 2.15 bits per heavy atom. The maximum absolute atomic E-state index is 9.37. The molecule has 0 saturated heterocycles. The van der Waals surface area contributed by atoms with Crippen molar-refractivity contribution < 1.29 is 5.11 Å². The molecule has 0 amide bonds. The molecule has 1 aromatic rings. The Balaban J connectivity index is 2.16. The van der Waals surface area contributed by atoms with Crippen LogP contribution in [0.3, 0.4) is 0 Å². The molecule has 1 aliphatic rings. The summed E-state index contributed by atoms with van der Waals surface area (Å²) < 4.78 is 0. The minimum Gasteiger partial charge on any atom is -0.393 e. The Hall–Kier alpha value is -0.530. The van der Waals surface area contributed by atoms with Gasteiger partial charge in [0, 0.05) is 5.02 Å². The van der Waals surface area contributed by atoms with Crippen molar-refractivity contribution in [1.82, 2.24) is 0 Å². The van der Waals surface area contributed by atoms with E-state index >= 15 is 0 Å². The monoisotopic (exact) mass is 196 g/mol. The number of aliphatic hydroxyl groups excluding tert-OH is 1. The van der Waals surface area contributed by atoms with Crippen molar-refractivity contribution in [3.63, 3.8) is 0 Å². The second kappa shape index (κ2) is 3.32. The molecule has 3 atom stereocenters. The van der Waals surface area contributed by atoms with Crippen molar-refractivity contribution >= 4 is 11.6 Å². The SMILES string of the molecule is CC(O)C1CC1c1ccccc1Cl. The molecule has 1 saturated carbocycles. The highest BCUT2D eigenvalue weighted by Crippen LogP contribution is 2.51. The van der Waals surface area contributed by atoms with Crippen molar-refractivity contribution in [2.24, 2.45) is 5.92 Å². The highest BCUT2D eigenvalue weighted by molar-refractivity contribution is 6.31. The minimum absolute atomic E-state index is 0.207. The van der Waals surface area contributed by atoms with Crippen molar-refractivity contribution in [3.05, 3.63) is 34.9 Å². The fraction of sp³-hybridized carbons (Fsp3) is 0.455. The van der Waals surface area contributed by atoms with Crippen LogP contribution >= 0.6 is 11.6 Å². The van der Waals surface area contributed by atoms with Crippen LogP contribution in [0.5, 0.6) is 0 Å². The maximum atomic E-state index is 9.37. The molecule has 0 spiro atoms. The number of hydrogen-bond acceptors (Lipinski definition) is 1. The Morgan fingerprint density at radius 3 is 2.69 bits per heavy atom. The van der Waals surface area contributed by atoms with Crippen molar-refractivity contribution in [2.75, 3.05) is 0 Å². The summed E-state index contributed by atoms with van der Waals surface area (Å²) in [6.07, 6.45) is 0.864. The lowest BCUT2D eigenvalue weighted by molar-refractivity contribution is 0.169. The van der Waals surface area contributed by atoms with Gasteiger partial charge in [0.15, 0.2) is 0 Å². The van der Waals surface area contributed by atoms with Crippen LogP contribution in [0.1, 0.15) is 24.8 Å². The van der Waals surface area contributed by atoms with E-state index in [0.717, 1.165) is 11.4 Å². The molecule has 1 aliphatic carbocycles. The summed E-state index contributed by atoms with van der Waals surface area (Å²) in [7, 11) is 0. The molecule has 1 N–H and O–H groups in total. The molecular weight excluding hydrogens is 184 g/mol. The summed E-state index contributed by atoms with van der Waals surface area (Å²) in [6.45, 7) is 1.85. The zero-order valence-corrected chi connectivity index (χ0v) is 8.33. The molecule has 0 aromatic heterocycles. The molecule has 2 heteroatoms. The van der Waals surface area contributed by atoms with Gasteiger partial charge < -0.3 is 5.11 Å². The summed E-state index contributed by atoms with van der Waals surface area (Å²) in [4.78, 5) is 0. The first kappa shape index (κ1) is 9.04. The molecule has 1 fully saturated rings. The van der Waals surface area contributed by atoms with Gasteiger partial charge in [-0.25, -0.2) is 0 Å². The quantitative estimate of drug-likeness (QED) is 0.772. The lowest BCUT2D eigenvalue weighted by Gasteiger charge is -2.04. The number of rotatable bonds is 2. The standard InChI is InChI=1S/C11H13ClO/c1-7(13)9-6-10(9)8-4-2-3-5-11(8)12/h2-5,7,9-10,13H,6H2,1H3. The molecule has 13 heavy (non-hydrogen) atoms. The van der Waals surface area contributed by atoms with E-state index in [1.807, 2.05) is 25.1 Å². The largest absolute Gasteiger partial charge is 0.393 e. The Bertz CT molecular complexity index is 309. The lowest BCUT2D eigenvalue weighted by atomic mass is 10.1. The van der Waals surface area contributed by atoms with Gasteiger partial charge in [-0.1, -0.05) is 29.8 Å². The fourth-order valence-corrected chi connectivity index (χ4v) is 2.16. The molecule has 1 nitrogen and oxygen atoms in total. The van der Waals surface area contributed by atoms with Crippen molar-refractivity contribution in [3.8, 4) is 0 Å². The molecular formula is C11H13ClO. The first-order valence-corrected chi connectivity index (χ1v) is 5.00. The van der Waals surface area contributed by atoms with E-state index in [0.29, 0.717) is 11.8 Å². The van der Waals surface area contributed by atoms with E-state index in [1.165, 1.54) is 5.56 Å². The van der Waals surface area contributed by atoms with E-state index in [9.17, 15) is 5.11 Å². The second-order valence-corrected chi connectivity index (χ2v) is 4.18. The summed E-state index contributed by atoms with van der Waals surface area (Å²) in [5, 5.41) is 10.2. The normalized spacial score (nSPS) is 28.5. The van der Waals surface area contributed by atoms with E-state index in [4.69, 9.17) is 11.6 Å². The van der Waals surface area contributed by atoms with Gasteiger partial charge in [0.1, 0.15) is 0 Å². The Kier molecular flexibility index (Phi) is 2.31. The third-order valence-electron chi connectivity index (χ3n) is 2.76. The van der Waals surface area contributed by atoms with Gasteiger partial charge in [0.2, 0.25) is 0 Å². The summed E-state index contributed by atoms with van der Waals surface area (Å²) in [6, 6.07) is 7.90. The summed E-state index contributed by atoms with van der Waals surface area (Å²) >= 11 is 6.05. The molecule has 3 unspecified atom stereocenters. The van der Waals surface area contributed by atoms with Gasteiger partial charge >= 0.3 is 0 Å². The zero-order valence-electron chi connectivity index (χ0n) is 7.57. The van der Waals surface area contributed by atoms with Crippen LogP contribution in [0.15, 0.2) is 24.3 Å². The van der Waals surface area contributed by atoms with Crippen LogP contribution in [0.4, 0.5) is 0 Å². The number of hydrogen-bond donors (Lipinski definition) is 1. The topological polar surface area (TPSA) is 20.2 Å². The van der Waals surface area contributed by atoms with Crippen LogP contribution in [0, 0.1) is 5.92 Å². The van der Waals surface area contributed by atoms with Gasteiger partial charge in [0.05, 0.1) is 6.10 Å². The average molecular weight is 197 g/mol. The van der Waals surface area contributed by atoms with Crippen LogP contribution < -0.4 is 0 Å². The average Bonchev–Trinajstić information content (AvgIpc) is 2.84. The fourth-order valence-electron chi connectivity index (χ4n) is 1.88. The van der Waals surface area contributed by atoms with Crippen LogP contribution in [0.25, 0.3) is 0 Å². The number of halogens is 1. The maximum Gasteiger partial charge on any atom is 0.0546 e. The van der Waals surface area contributed by atoms with Crippen molar-refractivity contribution in [1.29, 1.82) is 0 Å². The highest BCUT2D eigenvalue weighted by atomic mass is 35.5. The molecule has 0 heterocycles. The van der Waals surface area contributed by atoms with E-state index in [2.05, 4.69) is 6.07 Å². The molecule has 0 bridgehead atoms. The first-order chi connectivity index (χ1) is 6.20. The van der Waals surface area contributed by atoms with Crippen LogP contribution in [0.2, 0.25) is 5.02 Å².